The fourth-order valence-electron chi connectivity index (χ4n) is 2.43. The van der Waals surface area contributed by atoms with Crippen LogP contribution in [0.1, 0.15) is 22.6 Å². The van der Waals surface area contributed by atoms with Crippen molar-refractivity contribution in [1.82, 2.24) is 4.98 Å². The van der Waals surface area contributed by atoms with E-state index in [2.05, 4.69) is 41.4 Å². The first-order chi connectivity index (χ1) is 8.86. The first-order valence-electron chi connectivity index (χ1n) is 6.12. The Kier molecular flexibility index (Phi) is 2.85. The topological polar surface area (TPSA) is 22.1 Å². The van der Waals surface area contributed by atoms with Crippen LogP contribution in [0.4, 0.5) is 0 Å². The Labute approximate surface area is 107 Å². The molecule has 1 aromatic heterocycles. The first kappa shape index (κ1) is 11.0. The summed E-state index contributed by atoms with van der Waals surface area (Å²) < 4.78 is 5.30. The molecule has 0 fully saturated rings. The molecule has 2 aromatic rings. The van der Waals surface area contributed by atoms with Crippen LogP contribution in [0.2, 0.25) is 0 Å². The van der Waals surface area contributed by atoms with Gasteiger partial charge in [0.05, 0.1) is 7.11 Å². The second-order valence-electron chi connectivity index (χ2n) is 4.52. The van der Waals surface area contributed by atoms with Crippen molar-refractivity contribution < 1.29 is 4.74 Å². The highest BCUT2D eigenvalue weighted by Crippen LogP contribution is 2.34. The maximum atomic E-state index is 5.30. The molecule has 0 amide bonds. The van der Waals surface area contributed by atoms with Crippen LogP contribution in [0.25, 0.3) is 6.08 Å². The third-order valence-electron chi connectivity index (χ3n) is 3.41. The lowest BCUT2D eigenvalue weighted by Crippen LogP contribution is -1.99. The van der Waals surface area contributed by atoms with E-state index < -0.39 is 0 Å². The Morgan fingerprint density at radius 2 is 2.00 bits per heavy atom. The van der Waals surface area contributed by atoms with E-state index in [0.29, 0.717) is 5.92 Å². The van der Waals surface area contributed by atoms with Crippen molar-refractivity contribution >= 4 is 6.08 Å². The zero-order valence-corrected chi connectivity index (χ0v) is 10.3. The fraction of sp³-hybridized carbons (Fsp3) is 0.188. The van der Waals surface area contributed by atoms with Crippen molar-refractivity contribution in [2.24, 2.45) is 0 Å². The third kappa shape index (κ3) is 2.02. The maximum absolute atomic E-state index is 5.30. The van der Waals surface area contributed by atoms with Gasteiger partial charge in [-0.05, 0) is 47.4 Å². The molecule has 1 heterocycles. The molecular weight excluding hydrogens is 222 g/mol. The Hall–Kier alpha value is -2.09. The summed E-state index contributed by atoms with van der Waals surface area (Å²) in [6.07, 6.45) is 9.17. The molecule has 2 heteroatoms. The largest absolute Gasteiger partial charge is 0.497 e. The molecule has 3 rings (SSSR count). The molecule has 2 nitrogen and oxygen atoms in total. The highest BCUT2D eigenvalue weighted by molar-refractivity contribution is 5.64. The summed E-state index contributed by atoms with van der Waals surface area (Å²) in [4.78, 5) is 4.05. The predicted molar refractivity (Wildman–Crippen MR) is 72.7 cm³/mol. The maximum Gasteiger partial charge on any atom is 0.119 e. The minimum absolute atomic E-state index is 0.442. The van der Waals surface area contributed by atoms with E-state index in [1.165, 1.54) is 16.7 Å². The fourth-order valence-corrected chi connectivity index (χ4v) is 2.43. The van der Waals surface area contributed by atoms with Gasteiger partial charge >= 0.3 is 0 Å². The summed E-state index contributed by atoms with van der Waals surface area (Å²) in [5.74, 6) is 1.37. The number of hydrogen-bond donors (Lipinski definition) is 0. The van der Waals surface area contributed by atoms with Gasteiger partial charge in [-0.25, -0.2) is 0 Å². The predicted octanol–water partition coefficient (Wildman–Crippen LogP) is 3.44. The van der Waals surface area contributed by atoms with Crippen molar-refractivity contribution in [1.29, 1.82) is 0 Å². The van der Waals surface area contributed by atoms with Gasteiger partial charge < -0.3 is 4.74 Å². The van der Waals surface area contributed by atoms with Gasteiger partial charge in [0.15, 0.2) is 0 Å². The zero-order chi connectivity index (χ0) is 12.4. The van der Waals surface area contributed by atoms with Crippen molar-refractivity contribution in [3.8, 4) is 5.75 Å². The molecule has 1 unspecified atom stereocenters. The molecule has 1 atom stereocenters. The highest BCUT2D eigenvalue weighted by Gasteiger charge is 2.18. The van der Waals surface area contributed by atoms with Gasteiger partial charge in [-0.1, -0.05) is 18.2 Å². The van der Waals surface area contributed by atoms with E-state index in [0.717, 1.165) is 12.2 Å². The van der Waals surface area contributed by atoms with E-state index in [4.69, 9.17) is 4.74 Å². The highest BCUT2D eigenvalue weighted by atomic mass is 16.5. The SMILES string of the molecule is COc1ccc2c(c1)C(Cc1ccncc1)C=C2. The number of rotatable bonds is 3. The van der Waals surface area contributed by atoms with Crippen LogP contribution in [0, 0.1) is 0 Å². The van der Waals surface area contributed by atoms with E-state index in [1.807, 2.05) is 18.5 Å². The monoisotopic (exact) mass is 237 g/mol. The Morgan fingerprint density at radius 3 is 2.78 bits per heavy atom. The second-order valence-corrected chi connectivity index (χ2v) is 4.52. The van der Waals surface area contributed by atoms with Gasteiger partial charge in [0.1, 0.15) is 5.75 Å². The number of allylic oxidation sites excluding steroid dienone is 1. The van der Waals surface area contributed by atoms with Crippen molar-refractivity contribution in [2.75, 3.05) is 7.11 Å². The molecule has 0 spiro atoms. The minimum atomic E-state index is 0.442. The lowest BCUT2D eigenvalue weighted by Gasteiger charge is -2.12. The number of pyridine rings is 1. The van der Waals surface area contributed by atoms with E-state index in [-0.39, 0.29) is 0 Å². The van der Waals surface area contributed by atoms with Gasteiger partial charge in [0, 0.05) is 18.3 Å². The number of methoxy groups -OCH3 is 1. The van der Waals surface area contributed by atoms with Crippen LogP contribution >= 0.6 is 0 Å². The summed E-state index contributed by atoms with van der Waals surface area (Å²) in [5, 5.41) is 0. The molecule has 1 aromatic carbocycles. The quantitative estimate of drug-likeness (QED) is 0.815. The van der Waals surface area contributed by atoms with Crippen LogP contribution < -0.4 is 4.74 Å². The normalized spacial score (nSPS) is 16.6. The lowest BCUT2D eigenvalue weighted by molar-refractivity contribution is 0.414. The average Bonchev–Trinajstić information content (AvgIpc) is 2.82. The van der Waals surface area contributed by atoms with Crippen LogP contribution in [-0.2, 0) is 6.42 Å². The van der Waals surface area contributed by atoms with Gasteiger partial charge in [0.2, 0.25) is 0 Å². The molecule has 90 valence electrons. The zero-order valence-electron chi connectivity index (χ0n) is 10.3. The average molecular weight is 237 g/mol. The van der Waals surface area contributed by atoms with Crippen LogP contribution in [0.3, 0.4) is 0 Å². The van der Waals surface area contributed by atoms with E-state index >= 15 is 0 Å². The van der Waals surface area contributed by atoms with Gasteiger partial charge in [-0.2, -0.15) is 0 Å². The van der Waals surface area contributed by atoms with Crippen LogP contribution in [0.15, 0.2) is 48.8 Å². The summed E-state index contributed by atoms with van der Waals surface area (Å²) in [6, 6.07) is 10.4. The van der Waals surface area contributed by atoms with Gasteiger partial charge in [-0.15, -0.1) is 0 Å². The first-order valence-corrected chi connectivity index (χ1v) is 6.12. The molecule has 18 heavy (non-hydrogen) atoms. The number of benzene rings is 1. The molecule has 1 aliphatic carbocycles. The number of ether oxygens (including phenoxy) is 1. The number of nitrogens with zero attached hydrogens (tertiary/aromatic N) is 1. The van der Waals surface area contributed by atoms with Crippen LogP contribution in [-0.4, -0.2) is 12.1 Å². The molecule has 1 aliphatic rings. The second kappa shape index (κ2) is 4.65. The van der Waals surface area contributed by atoms with Crippen molar-refractivity contribution in [3.05, 3.63) is 65.5 Å². The Balaban J connectivity index is 1.88. The minimum Gasteiger partial charge on any atom is -0.497 e. The summed E-state index contributed by atoms with van der Waals surface area (Å²) in [5.41, 5.74) is 3.97. The molecule has 0 bridgehead atoms. The van der Waals surface area contributed by atoms with E-state index in [9.17, 15) is 0 Å². The molecule has 0 aliphatic heterocycles. The molecule has 0 radical (unpaired) electrons. The van der Waals surface area contributed by atoms with Crippen LogP contribution in [0.5, 0.6) is 5.75 Å². The molecular formula is C16H15NO. The summed E-state index contributed by atoms with van der Waals surface area (Å²) in [7, 11) is 1.71. The van der Waals surface area contributed by atoms with Crippen molar-refractivity contribution in [3.63, 3.8) is 0 Å². The standard InChI is InChI=1S/C16H15NO/c1-18-15-5-4-13-2-3-14(16(13)11-15)10-12-6-8-17-9-7-12/h2-9,11,14H,10H2,1H3. The summed E-state index contributed by atoms with van der Waals surface area (Å²) >= 11 is 0. The van der Waals surface area contributed by atoms with Gasteiger partial charge in [-0.3, -0.25) is 4.98 Å². The Bertz CT molecular complexity index is 575. The third-order valence-corrected chi connectivity index (χ3v) is 3.41. The molecule has 0 saturated carbocycles. The van der Waals surface area contributed by atoms with Gasteiger partial charge in [0.25, 0.3) is 0 Å². The number of aromatic nitrogens is 1. The summed E-state index contributed by atoms with van der Waals surface area (Å²) in [6.45, 7) is 0. The number of hydrogen-bond acceptors (Lipinski definition) is 2. The molecule has 0 N–H and O–H groups in total. The number of fused-ring (bicyclic) bond motifs is 1. The van der Waals surface area contributed by atoms with E-state index in [1.54, 1.807) is 7.11 Å². The Morgan fingerprint density at radius 1 is 1.17 bits per heavy atom. The smallest absolute Gasteiger partial charge is 0.119 e. The van der Waals surface area contributed by atoms with Crippen molar-refractivity contribution in [2.45, 2.75) is 12.3 Å². The lowest BCUT2D eigenvalue weighted by atomic mass is 9.94. The molecule has 0 saturated heterocycles.